The molecule has 0 saturated carbocycles. The normalized spacial score (nSPS) is 12.0. The summed E-state index contributed by atoms with van der Waals surface area (Å²) in [6.45, 7) is 6.62. The van der Waals surface area contributed by atoms with E-state index in [0.29, 0.717) is 19.3 Å². The maximum atomic E-state index is 12.8. The quantitative estimate of drug-likeness (QED) is 0.0262. The Kier molecular flexibility index (Phi) is 54.2. The van der Waals surface area contributed by atoms with Crippen molar-refractivity contribution in [3.8, 4) is 0 Å². The van der Waals surface area contributed by atoms with Crippen LogP contribution in [0.1, 0.15) is 335 Å². The fraction of sp³-hybridized carbons (Fsp3) is 0.917. The van der Waals surface area contributed by atoms with Crippen LogP contribution in [0.2, 0.25) is 0 Å². The van der Waals surface area contributed by atoms with E-state index in [2.05, 4.69) is 32.9 Å². The maximum absolute atomic E-state index is 12.8. The van der Waals surface area contributed by atoms with E-state index in [0.717, 1.165) is 70.6 Å². The van der Waals surface area contributed by atoms with Crippen LogP contribution in [0, 0.1) is 0 Å². The van der Waals surface area contributed by atoms with E-state index in [1.165, 1.54) is 225 Å². The standard InChI is InChI=1S/C60H114O6/c1-4-7-10-13-16-19-22-24-25-26-27-28-29-30-31-32-33-34-35-37-38-41-44-47-50-53-59(62)65-56-57(55-64-58(61)52-49-46-43-40-21-18-15-12-9-6-3)66-60(63)54-51-48-45-42-39-36-23-20-17-14-11-8-5-2/h12,15,57H,4-11,13-14,16-56H2,1-3H3/b15-12-. The summed E-state index contributed by atoms with van der Waals surface area (Å²) in [4.78, 5) is 38.0. The molecule has 0 aliphatic heterocycles. The Balaban J connectivity index is 4.11. The molecule has 0 N–H and O–H groups in total. The molecule has 0 saturated heterocycles. The predicted octanol–water partition coefficient (Wildman–Crippen LogP) is 19.7. The van der Waals surface area contributed by atoms with Gasteiger partial charge in [0.05, 0.1) is 0 Å². The van der Waals surface area contributed by atoms with Gasteiger partial charge >= 0.3 is 17.9 Å². The number of unbranched alkanes of at least 4 members (excludes halogenated alkanes) is 42. The van der Waals surface area contributed by atoms with E-state index >= 15 is 0 Å². The number of hydrogen-bond acceptors (Lipinski definition) is 6. The Morgan fingerprint density at radius 3 is 0.818 bits per heavy atom. The molecule has 0 rings (SSSR count). The molecule has 1 atom stereocenters. The predicted molar refractivity (Wildman–Crippen MR) is 284 cm³/mol. The molecule has 0 aliphatic rings. The highest BCUT2D eigenvalue weighted by Gasteiger charge is 2.19. The first kappa shape index (κ1) is 64.2. The Morgan fingerprint density at radius 1 is 0.288 bits per heavy atom. The van der Waals surface area contributed by atoms with Gasteiger partial charge in [0.25, 0.3) is 0 Å². The number of carbonyl (C=O) groups is 3. The minimum absolute atomic E-state index is 0.0669. The molecule has 0 amide bonds. The highest BCUT2D eigenvalue weighted by atomic mass is 16.6. The summed E-state index contributed by atoms with van der Waals surface area (Å²) < 4.78 is 16.8. The molecule has 6 heteroatoms. The fourth-order valence-electron chi connectivity index (χ4n) is 9.04. The Bertz CT molecular complexity index is 1020. The number of rotatable bonds is 55. The molecule has 0 aromatic rings. The topological polar surface area (TPSA) is 78.9 Å². The largest absolute Gasteiger partial charge is 0.462 e. The summed E-state index contributed by atoms with van der Waals surface area (Å²) in [7, 11) is 0. The lowest BCUT2D eigenvalue weighted by molar-refractivity contribution is -0.167. The fourth-order valence-corrected chi connectivity index (χ4v) is 9.04. The molecule has 0 aromatic heterocycles. The van der Waals surface area contributed by atoms with Crippen molar-refractivity contribution in [3.63, 3.8) is 0 Å². The van der Waals surface area contributed by atoms with Crippen molar-refractivity contribution in [1.29, 1.82) is 0 Å². The zero-order valence-electron chi connectivity index (χ0n) is 44.7. The van der Waals surface area contributed by atoms with E-state index in [4.69, 9.17) is 14.2 Å². The minimum Gasteiger partial charge on any atom is -0.462 e. The number of carbonyl (C=O) groups excluding carboxylic acids is 3. The molecule has 0 spiro atoms. The van der Waals surface area contributed by atoms with Crippen LogP contribution in [0.3, 0.4) is 0 Å². The molecule has 0 heterocycles. The van der Waals surface area contributed by atoms with E-state index in [9.17, 15) is 14.4 Å². The number of hydrogen-bond donors (Lipinski definition) is 0. The molecule has 66 heavy (non-hydrogen) atoms. The van der Waals surface area contributed by atoms with Crippen LogP contribution in [-0.4, -0.2) is 37.2 Å². The van der Waals surface area contributed by atoms with Crippen molar-refractivity contribution in [2.75, 3.05) is 13.2 Å². The summed E-state index contributed by atoms with van der Waals surface area (Å²) in [5, 5.41) is 0. The molecular formula is C60H114O6. The van der Waals surface area contributed by atoms with Gasteiger partial charge in [-0.05, 0) is 38.5 Å². The molecule has 6 nitrogen and oxygen atoms in total. The van der Waals surface area contributed by atoms with Crippen molar-refractivity contribution >= 4 is 17.9 Å². The second-order valence-corrected chi connectivity index (χ2v) is 20.3. The zero-order chi connectivity index (χ0) is 47.9. The van der Waals surface area contributed by atoms with Gasteiger partial charge in [-0.15, -0.1) is 0 Å². The lowest BCUT2D eigenvalue weighted by atomic mass is 10.0. The van der Waals surface area contributed by atoms with Crippen LogP contribution >= 0.6 is 0 Å². The number of esters is 3. The van der Waals surface area contributed by atoms with Gasteiger partial charge in [0, 0.05) is 19.3 Å². The van der Waals surface area contributed by atoms with Gasteiger partial charge in [0.1, 0.15) is 13.2 Å². The van der Waals surface area contributed by atoms with Crippen LogP contribution in [0.25, 0.3) is 0 Å². The molecule has 390 valence electrons. The summed E-state index contributed by atoms with van der Waals surface area (Å²) in [6.07, 6.45) is 63.7. The lowest BCUT2D eigenvalue weighted by Gasteiger charge is -2.18. The zero-order valence-corrected chi connectivity index (χ0v) is 44.7. The highest BCUT2D eigenvalue weighted by Crippen LogP contribution is 2.18. The lowest BCUT2D eigenvalue weighted by Crippen LogP contribution is -2.30. The molecule has 1 unspecified atom stereocenters. The number of ether oxygens (including phenoxy) is 3. The third kappa shape index (κ3) is 53.1. The van der Waals surface area contributed by atoms with E-state index in [1.54, 1.807) is 0 Å². The van der Waals surface area contributed by atoms with Gasteiger partial charge in [0.15, 0.2) is 6.10 Å². The van der Waals surface area contributed by atoms with E-state index in [1.807, 2.05) is 0 Å². The van der Waals surface area contributed by atoms with Crippen molar-refractivity contribution in [2.24, 2.45) is 0 Å². The Hall–Kier alpha value is -1.85. The van der Waals surface area contributed by atoms with Crippen molar-refractivity contribution < 1.29 is 28.6 Å². The van der Waals surface area contributed by atoms with Gasteiger partial charge in [-0.25, -0.2) is 0 Å². The third-order valence-electron chi connectivity index (χ3n) is 13.5. The van der Waals surface area contributed by atoms with Gasteiger partial charge in [0.2, 0.25) is 0 Å². The summed E-state index contributed by atoms with van der Waals surface area (Å²) >= 11 is 0. The summed E-state index contributed by atoms with van der Waals surface area (Å²) in [5.41, 5.74) is 0. The van der Waals surface area contributed by atoms with Crippen molar-refractivity contribution in [2.45, 2.75) is 341 Å². The second kappa shape index (κ2) is 55.7. The molecule has 0 aromatic carbocycles. The molecule has 0 radical (unpaired) electrons. The van der Waals surface area contributed by atoms with E-state index in [-0.39, 0.29) is 31.1 Å². The summed E-state index contributed by atoms with van der Waals surface area (Å²) in [6, 6.07) is 0. The first-order valence-electron chi connectivity index (χ1n) is 29.7. The minimum atomic E-state index is -0.766. The monoisotopic (exact) mass is 931 g/mol. The number of allylic oxidation sites excluding steroid dienone is 2. The van der Waals surface area contributed by atoms with Gasteiger partial charge in [-0.1, -0.05) is 290 Å². The molecular weight excluding hydrogens is 817 g/mol. The first-order valence-corrected chi connectivity index (χ1v) is 29.7. The van der Waals surface area contributed by atoms with E-state index < -0.39 is 6.10 Å². The molecule has 0 aliphatic carbocycles. The van der Waals surface area contributed by atoms with Gasteiger partial charge in [-0.3, -0.25) is 14.4 Å². The van der Waals surface area contributed by atoms with Crippen LogP contribution in [0.15, 0.2) is 12.2 Å². The van der Waals surface area contributed by atoms with Crippen molar-refractivity contribution in [3.05, 3.63) is 12.2 Å². The first-order chi connectivity index (χ1) is 32.5. The Morgan fingerprint density at radius 2 is 0.530 bits per heavy atom. The van der Waals surface area contributed by atoms with Gasteiger partial charge in [-0.2, -0.15) is 0 Å². The van der Waals surface area contributed by atoms with Crippen LogP contribution in [-0.2, 0) is 28.6 Å². The smallest absolute Gasteiger partial charge is 0.306 e. The van der Waals surface area contributed by atoms with Crippen LogP contribution in [0.5, 0.6) is 0 Å². The third-order valence-corrected chi connectivity index (χ3v) is 13.5. The highest BCUT2D eigenvalue weighted by molar-refractivity contribution is 5.71. The summed E-state index contributed by atoms with van der Waals surface area (Å²) in [5.74, 6) is -0.856. The average molecular weight is 932 g/mol. The van der Waals surface area contributed by atoms with Gasteiger partial charge < -0.3 is 14.2 Å². The SMILES string of the molecule is CCC/C=C\CCCCCCCC(=O)OCC(COC(=O)CCCCCCCCCCCCCCCCCCCCCCCCCCC)OC(=O)CCCCCCCCCCCCCCC. The second-order valence-electron chi connectivity index (χ2n) is 20.3. The maximum Gasteiger partial charge on any atom is 0.306 e. The van der Waals surface area contributed by atoms with Crippen LogP contribution in [0.4, 0.5) is 0 Å². The molecule has 0 fully saturated rings. The van der Waals surface area contributed by atoms with Crippen molar-refractivity contribution in [1.82, 2.24) is 0 Å². The van der Waals surface area contributed by atoms with Crippen LogP contribution < -0.4 is 0 Å². The molecule has 0 bridgehead atoms. The average Bonchev–Trinajstić information content (AvgIpc) is 3.31. The Labute approximate surface area is 411 Å².